The number of nitrogens with one attached hydrogen (secondary N) is 2. The number of fused-ring (bicyclic) bond motifs is 1. The zero-order chi connectivity index (χ0) is 18.9. The topological polar surface area (TPSA) is 58.1 Å². The van der Waals surface area contributed by atoms with Crippen LogP contribution < -0.4 is 20.1 Å². The van der Waals surface area contributed by atoms with E-state index < -0.39 is 0 Å². The molecule has 1 aliphatic rings. The summed E-state index contributed by atoms with van der Waals surface area (Å²) in [6.45, 7) is 12.9. The van der Waals surface area contributed by atoms with Crippen molar-refractivity contribution in [3.63, 3.8) is 0 Å². The first kappa shape index (κ1) is 23.8. The van der Waals surface area contributed by atoms with Crippen molar-refractivity contribution in [3.05, 3.63) is 23.8 Å². The SMILES string of the molecule is CN=C(NCCN(C(C)C)C(C)C)NCc1ccc2c(c1)OCCCO2.I. The van der Waals surface area contributed by atoms with E-state index in [9.17, 15) is 0 Å². The van der Waals surface area contributed by atoms with Gasteiger partial charge in [0.2, 0.25) is 0 Å². The lowest BCUT2D eigenvalue weighted by Crippen LogP contribution is -2.45. The van der Waals surface area contributed by atoms with E-state index in [1.807, 2.05) is 12.1 Å². The fourth-order valence-electron chi connectivity index (χ4n) is 3.14. The molecule has 0 aromatic heterocycles. The third-order valence-corrected chi connectivity index (χ3v) is 4.48. The van der Waals surface area contributed by atoms with Crippen LogP contribution in [-0.4, -0.2) is 56.3 Å². The van der Waals surface area contributed by atoms with Crippen LogP contribution in [0.15, 0.2) is 23.2 Å². The van der Waals surface area contributed by atoms with E-state index in [2.05, 4.69) is 54.3 Å². The zero-order valence-electron chi connectivity index (χ0n) is 17.2. The molecule has 0 aliphatic carbocycles. The second-order valence-corrected chi connectivity index (χ2v) is 7.11. The van der Waals surface area contributed by atoms with Gasteiger partial charge in [0.25, 0.3) is 0 Å². The van der Waals surface area contributed by atoms with Crippen LogP contribution in [0.2, 0.25) is 0 Å². The van der Waals surface area contributed by atoms with E-state index in [4.69, 9.17) is 9.47 Å². The van der Waals surface area contributed by atoms with Crippen LogP contribution in [0.3, 0.4) is 0 Å². The molecule has 2 N–H and O–H groups in total. The summed E-state index contributed by atoms with van der Waals surface area (Å²) in [5.74, 6) is 2.47. The second kappa shape index (κ2) is 12.3. The number of guanidine groups is 1. The lowest BCUT2D eigenvalue weighted by Gasteiger charge is -2.30. The van der Waals surface area contributed by atoms with Crippen LogP contribution in [-0.2, 0) is 6.54 Å². The number of hydrogen-bond acceptors (Lipinski definition) is 4. The van der Waals surface area contributed by atoms with Crippen molar-refractivity contribution in [1.29, 1.82) is 0 Å². The Labute approximate surface area is 181 Å². The molecule has 2 rings (SSSR count). The van der Waals surface area contributed by atoms with Crippen LogP contribution in [0.5, 0.6) is 11.5 Å². The lowest BCUT2D eigenvalue weighted by molar-refractivity contribution is 0.178. The van der Waals surface area contributed by atoms with Gasteiger partial charge in [0.05, 0.1) is 13.2 Å². The summed E-state index contributed by atoms with van der Waals surface area (Å²) in [4.78, 5) is 6.77. The standard InChI is InChI=1S/C20H34N4O2.HI/c1-15(2)24(16(3)4)10-9-22-20(21-5)23-14-17-7-8-18-19(13-17)26-12-6-11-25-18;/h7-8,13,15-16H,6,9-12,14H2,1-5H3,(H2,21,22,23);1H. The minimum atomic E-state index is 0. The summed E-state index contributed by atoms with van der Waals surface area (Å²) >= 11 is 0. The number of benzene rings is 1. The molecule has 0 amide bonds. The van der Waals surface area contributed by atoms with Gasteiger partial charge in [0.1, 0.15) is 0 Å². The van der Waals surface area contributed by atoms with Gasteiger partial charge in [-0.2, -0.15) is 0 Å². The Kier molecular flexibility index (Phi) is 10.8. The van der Waals surface area contributed by atoms with Crippen molar-refractivity contribution in [2.24, 2.45) is 4.99 Å². The fraction of sp³-hybridized carbons (Fsp3) is 0.650. The maximum absolute atomic E-state index is 5.75. The highest BCUT2D eigenvalue weighted by molar-refractivity contribution is 14.0. The van der Waals surface area contributed by atoms with Gasteiger partial charge in [0.15, 0.2) is 17.5 Å². The molecular weight excluding hydrogens is 455 g/mol. The van der Waals surface area contributed by atoms with Gasteiger partial charge in [-0.1, -0.05) is 6.07 Å². The van der Waals surface area contributed by atoms with E-state index in [1.165, 1.54) is 0 Å². The third-order valence-electron chi connectivity index (χ3n) is 4.48. The minimum absolute atomic E-state index is 0. The number of rotatable bonds is 7. The van der Waals surface area contributed by atoms with E-state index in [-0.39, 0.29) is 24.0 Å². The molecule has 0 radical (unpaired) electrons. The van der Waals surface area contributed by atoms with Crippen LogP contribution in [0.1, 0.15) is 39.7 Å². The Morgan fingerprint density at radius 1 is 1.07 bits per heavy atom. The summed E-state index contributed by atoms with van der Waals surface area (Å²) in [7, 11) is 1.80. The number of aliphatic imine (C=N–C) groups is 1. The first-order valence-electron chi connectivity index (χ1n) is 9.60. The zero-order valence-corrected chi connectivity index (χ0v) is 19.6. The number of hydrogen-bond donors (Lipinski definition) is 2. The van der Waals surface area contributed by atoms with Gasteiger partial charge < -0.3 is 20.1 Å². The van der Waals surface area contributed by atoms with Gasteiger partial charge in [-0.05, 0) is 45.4 Å². The van der Waals surface area contributed by atoms with Gasteiger partial charge in [0, 0.05) is 45.2 Å². The van der Waals surface area contributed by atoms with Gasteiger partial charge in [-0.25, -0.2) is 0 Å². The summed E-state index contributed by atoms with van der Waals surface area (Å²) in [6, 6.07) is 7.16. The molecule has 0 fully saturated rings. The molecule has 1 aliphatic heterocycles. The molecule has 0 bridgehead atoms. The highest BCUT2D eigenvalue weighted by Gasteiger charge is 2.13. The van der Waals surface area contributed by atoms with Crippen LogP contribution in [0.25, 0.3) is 0 Å². The molecule has 0 saturated heterocycles. The monoisotopic (exact) mass is 490 g/mol. The van der Waals surface area contributed by atoms with Crippen LogP contribution in [0.4, 0.5) is 0 Å². The van der Waals surface area contributed by atoms with Gasteiger partial charge in [-0.15, -0.1) is 24.0 Å². The molecule has 0 spiro atoms. The Bertz CT molecular complexity index is 585. The highest BCUT2D eigenvalue weighted by Crippen LogP contribution is 2.30. The maximum atomic E-state index is 5.75. The average Bonchev–Trinajstić information content (AvgIpc) is 2.85. The van der Waals surface area contributed by atoms with Crippen molar-refractivity contribution >= 4 is 29.9 Å². The van der Waals surface area contributed by atoms with E-state index >= 15 is 0 Å². The molecule has 0 saturated carbocycles. The Morgan fingerprint density at radius 2 is 1.74 bits per heavy atom. The Morgan fingerprint density at radius 3 is 2.37 bits per heavy atom. The summed E-state index contributed by atoms with van der Waals surface area (Å²) in [5, 5.41) is 6.76. The predicted octanol–water partition coefficient (Wildman–Crippen LogP) is 3.25. The second-order valence-electron chi connectivity index (χ2n) is 7.11. The smallest absolute Gasteiger partial charge is 0.191 e. The molecule has 0 unspecified atom stereocenters. The van der Waals surface area contributed by atoms with Crippen molar-refractivity contribution in [2.45, 2.75) is 52.7 Å². The summed E-state index contributed by atoms with van der Waals surface area (Å²) < 4.78 is 11.4. The molecule has 1 heterocycles. The average molecular weight is 490 g/mol. The molecule has 27 heavy (non-hydrogen) atoms. The van der Waals surface area contributed by atoms with E-state index in [0.29, 0.717) is 31.8 Å². The number of halogens is 1. The van der Waals surface area contributed by atoms with Crippen molar-refractivity contribution < 1.29 is 9.47 Å². The highest BCUT2D eigenvalue weighted by atomic mass is 127. The van der Waals surface area contributed by atoms with Gasteiger partial charge in [-0.3, -0.25) is 9.89 Å². The van der Waals surface area contributed by atoms with Crippen LogP contribution >= 0.6 is 24.0 Å². The van der Waals surface area contributed by atoms with Crippen molar-refractivity contribution in [1.82, 2.24) is 15.5 Å². The molecule has 6 nitrogen and oxygen atoms in total. The first-order valence-corrected chi connectivity index (χ1v) is 9.60. The molecule has 1 aromatic carbocycles. The maximum Gasteiger partial charge on any atom is 0.191 e. The molecule has 1 aromatic rings. The molecule has 0 atom stereocenters. The lowest BCUT2D eigenvalue weighted by atomic mass is 10.2. The number of nitrogens with zero attached hydrogens (tertiary/aromatic N) is 2. The molecule has 7 heteroatoms. The van der Waals surface area contributed by atoms with Crippen molar-refractivity contribution in [2.75, 3.05) is 33.4 Å². The van der Waals surface area contributed by atoms with Crippen LogP contribution in [0, 0.1) is 0 Å². The van der Waals surface area contributed by atoms with Gasteiger partial charge >= 0.3 is 0 Å². The minimum Gasteiger partial charge on any atom is -0.490 e. The molecule has 154 valence electrons. The number of ether oxygens (including phenoxy) is 2. The normalized spacial score (nSPS) is 14.1. The Hall–Kier alpha value is -1.22. The largest absolute Gasteiger partial charge is 0.490 e. The van der Waals surface area contributed by atoms with E-state index in [0.717, 1.165) is 42.5 Å². The predicted molar refractivity (Wildman–Crippen MR) is 123 cm³/mol. The van der Waals surface area contributed by atoms with E-state index in [1.54, 1.807) is 7.05 Å². The first-order chi connectivity index (χ1) is 12.5. The van der Waals surface area contributed by atoms with Crippen molar-refractivity contribution in [3.8, 4) is 11.5 Å². The molecular formula is C20H35IN4O2. The Balaban J connectivity index is 0.00000364. The fourth-order valence-corrected chi connectivity index (χ4v) is 3.14. The quantitative estimate of drug-likeness (QED) is 0.349. The summed E-state index contributed by atoms with van der Waals surface area (Å²) in [5.41, 5.74) is 1.14. The third kappa shape index (κ3) is 7.73. The summed E-state index contributed by atoms with van der Waals surface area (Å²) in [6.07, 6.45) is 0.919.